The number of ether oxygens (including phenoxy) is 2. The van der Waals surface area contributed by atoms with Gasteiger partial charge in [0.05, 0.1) is 20.3 Å². The van der Waals surface area contributed by atoms with Gasteiger partial charge >= 0.3 is 0 Å². The summed E-state index contributed by atoms with van der Waals surface area (Å²) in [5.41, 5.74) is 0.845. The molecule has 0 atom stereocenters. The molecule has 4 nitrogen and oxygen atoms in total. The van der Waals surface area contributed by atoms with Gasteiger partial charge in [-0.05, 0) is 31.0 Å². The number of aryl methyl sites for hydroxylation is 1. The highest BCUT2D eigenvalue weighted by molar-refractivity contribution is 6.30. The molecule has 0 saturated carbocycles. The van der Waals surface area contributed by atoms with E-state index in [9.17, 15) is 5.11 Å². The molecule has 1 aliphatic rings. The first-order chi connectivity index (χ1) is 9.20. The Morgan fingerprint density at radius 2 is 2.11 bits per heavy atom. The summed E-state index contributed by atoms with van der Waals surface area (Å²) < 4.78 is 10.4. The summed E-state index contributed by atoms with van der Waals surface area (Å²) in [6.07, 6.45) is 1.77. The molecule has 106 valence electrons. The maximum absolute atomic E-state index is 10.0. The van der Waals surface area contributed by atoms with Crippen molar-refractivity contribution in [2.45, 2.75) is 12.8 Å². The second-order valence-corrected chi connectivity index (χ2v) is 5.11. The number of aromatic hydroxyl groups is 1. The van der Waals surface area contributed by atoms with Crippen molar-refractivity contribution < 1.29 is 14.6 Å². The molecule has 1 N–H and O–H groups in total. The molecule has 5 heteroatoms. The lowest BCUT2D eigenvalue weighted by molar-refractivity contribution is 0.0374. The van der Waals surface area contributed by atoms with Crippen LogP contribution in [0.5, 0.6) is 11.5 Å². The first-order valence-electron chi connectivity index (χ1n) is 6.56. The van der Waals surface area contributed by atoms with Gasteiger partial charge in [-0.2, -0.15) is 0 Å². The Hall–Kier alpha value is -0.970. The lowest BCUT2D eigenvalue weighted by atomic mass is 10.1. The molecule has 1 heterocycles. The van der Waals surface area contributed by atoms with Crippen molar-refractivity contribution in [2.24, 2.45) is 0 Å². The van der Waals surface area contributed by atoms with Crippen molar-refractivity contribution in [3.8, 4) is 11.5 Å². The third-order valence-electron chi connectivity index (χ3n) is 3.36. The summed E-state index contributed by atoms with van der Waals surface area (Å²) in [7, 11) is 1.53. The fourth-order valence-electron chi connectivity index (χ4n) is 2.29. The SMILES string of the molecule is COc1cc(Cl)cc(CCCN2CCOCC2)c1O. The van der Waals surface area contributed by atoms with Crippen LogP contribution in [-0.2, 0) is 11.2 Å². The number of phenolic OH excluding ortho intramolecular Hbond substituents is 1. The van der Waals surface area contributed by atoms with Gasteiger partial charge in [0, 0.05) is 24.2 Å². The van der Waals surface area contributed by atoms with Crippen molar-refractivity contribution in [3.63, 3.8) is 0 Å². The lowest BCUT2D eigenvalue weighted by Gasteiger charge is -2.26. The Morgan fingerprint density at radius 1 is 1.37 bits per heavy atom. The second kappa shape index (κ2) is 6.98. The third kappa shape index (κ3) is 4.00. The highest BCUT2D eigenvalue weighted by atomic mass is 35.5. The van der Waals surface area contributed by atoms with E-state index in [-0.39, 0.29) is 5.75 Å². The summed E-state index contributed by atoms with van der Waals surface area (Å²) >= 11 is 6.01. The molecule has 0 amide bonds. The number of hydrogen-bond acceptors (Lipinski definition) is 4. The van der Waals surface area contributed by atoms with Gasteiger partial charge in [-0.1, -0.05) is 11.6 Å². The number of nitrogens with zero attached hydrogens (tertiary/aromatic N) is 1. The lowest BCUT2D eigenvalue weighted by Crippen LogP contribution is -2.36. The van der Waals surface area contributed by atoms with Crippen LogP contribution >= 0.6 is 11.6 Å². The minimum Gasteiger partial charge on any atom is -0.504 e. The van der Waals surface area contributed by atoms with Crippen molar-refractivity contribution in [3.05, 3.63) is 22.7 Å². The van der Waals surface area contributed by atoms with Crippen molar-refractivity contribution in [1.82, 2.24) is 4.90 Å². The molecular formula is C14H20ClNO3. The van der Waals surface area contributed by atoms with Crippen molar-refractivity contribution in [1.29, 1.82) is 0 Å². The maximum atomic E-state index is 10.0. The molecule has 1 aliphatic heterocycles. The van der Waals surface area contributed by atoms with E-state index in [2.05, 4.69) is 4.90 Å². The Morgan fingerprint density at radius 3 is 2.79 bits per heavy atom. The Labute approximate surface area is 118 Å². The van der Waals surface area contributed by atoms with Crippen LogP contribution < -0.4 is 4.74 Å². The highest BCUT2D eigenvalue weighted by Gasteiger charge is 2.12. The number of morpholine rings is 1. The molecule has 1 fully saturated rings. The van der Waals surface area contributed by atoms with Crippen LogP contribution in [0.2, 0.25) is 5.02 Å². The number of halogens is 1. The normalized spacial score (nSPS) is 16.5. The molecule has 1 aromatic rings. The molecule has 1 aromatic carbocycles. The van der Waals surface area contributed by atoms with Crippen LogP contribution in [0.3, 0.4) is 0 Å². The first kappa shape index (κ1) is 14.4. The first-order valence-corrected chi connectivity index (χ1v) is 6.94. The molecular weight excluding hydrogens is 266 g/mol. The van der Waals surface area contributed by atoms with E-state index in [4.69, 9.17) is 21.1 Å². The molecule has 0 aliphatic carbocycles. The van der Waals surface area contributed by atoms with Gasteiger partial charge in [-0.3, -0.25) is 4.90 Å². The fourth-order valence-corrected chi connectivity index (χ4v) is 2.52. The van der Waals surface area contributed by atoms with Crippen LogP contribution in [0.1, 0.15) is 12.0 Å². The summed E-state index contributed by atoms with van der Waals surface area (Å²) in [5, 5.41) is 10.6. The van der Waals surface area contributed by atoms with Gasteiger partial charge in [0.15, 0.2) is 11.5 Å². The van der Waals surface area contributed by atoms with Gasteiger partial charge in [0.1, 0.15) is 0 Å². The van der Waals surface area contributed by atoms with Gasteiger partial charge in [-0.25, -0.2) is 0 Å². The molecule has 0 aromatic heterocycles. The smallest absolute Gasteiger partial charge is 0.162 e. The van der Waals surface area contributed by atoms with Gasteiger partial charge in [0.2, 0.25) is 0 Å². The monoisotopic (exact) mass is 285 g/mol. The van der Waals surface area contributed by atoms with Crippen LogP contribution in [0.4, 0.5) is 0 Å². The van der Waals surface area contributed by atoms with Crippen molar-refractivity contribution >= 4 is 11.6 Å². The number of benzene rings is 1. The van der Waals surface area contributed by atoms with Gasteiger partial charge in [0.25, 0.3) is 0 Å². The topological polar surface area (TPSA) is 41.9 Å². The predicted molar refractivity (Wildman–Crippen MR) is 75.2 cm³/mol. The number of hydrogen-bond donors (Lipinski definition) is 1. The maximum Gasteiger partial charge on any atom is 0.162 e. The number of rotatable bonds is 5. The number of methoxy groups -OCH3 is 1. The Balaban J connectivity index is 1.89. The Kier molecular flexibility index (Phi) is 5.31. The number of phenols is 1. The van der Waals surface area contributed by atoms with Gasteiger partial charge < -0.3 is 14.6 Å². The molecule has 1 saturated heterocycles. The van der Waals surface area contributed by atoms with E-state index in [1.807, 2.05) is 0 Å². The van der Waals surface area contributed by atoms with Crippen LogP contribution in [0.15, 0.2) is 12.1 Å². The second-order valence-electron chi connectivity index (χ2n) is 4.67. The summed E-state index contributed by atoms with van der Waals surface area (Å²) in [5.74, 6) is 0.641. The minimum absolute atomic E-state index is 0.203. The molecule has 0 spiro atoms. The predicted octanol–water partition coefficient (Wildman–Crippen LogP) is 2.32. The summed E-state index contributed by atoms with van der Waals surface area (Å²) in [4.78, 5) is 2.38. The molecule has 19 heavy (non-hydrogen) atoms. The average molecular weight is 286 g/mol. The van der Waals surface area contributed by atoms with Crippen LogP contribution in [0, 0.1) is 0 Å². The highest BCUT2D eigenvalue weighted by Crippen LogP contribution is 2.34. The van der Waals surface area contributed by atoms with Gasteiger partial charge in [-0.15, -0.1) is 0 Å². The van der Waals surface area contributed by atoms with E-state index in [0.29, 0.717) is 10.8 Å². The molecule has 0 radical (unpaired) electrons. The van der Waals surface area contributed by atoms with E-state index in [0.717, 1.165) is 51.3 Å². The van der Waals surface area contributed by atoms with E-state index < -0.39 is 0 Å². The van der Waals surface area contributed by atoms with E-state index >= 15 is 0 Å². The van der Waals surface area contributed by atoms with Crippen molar-refractivity contribution in [2.75, 3.05) is 40.0 Å². The zero-order chi connectivity index (χ0) is 13.7. The average Bonchev–Trinajstić information content (AvgIpc) is 2.43. The Bertz CT molecular complexity index is 419. The zero-order valence-electron chi connectivity index (χ0n) is 11.2. The van der Waals surface area contributed by atoms with Crippen LogP contribution in [-0.4, -0.2) is 50.0 Å². The quantitative estimate of drug-likeness (QED) is 0.901. The molecule has 0 bridgehead atoms. The zero-order valence-corrected chi connectivity index (χ0v) is 11.9. The molecule has 2 rings (SSSR count). The van der Waals surface area contributed by atoms with E-state index in [1.165, 1.54) is 7.11 Å². The largest absolute Gasteiger partial charge is 0.504 e. The standard InChI is InChI=1S/C14H20ClNO3/c1-18-13-10-12(15)9-11(14(13)17)3-2-4-16-5-7-19-8-6-16/h9-10,17H,2-8H2,1H3. The van der Waals surface area contributed by atoms with Crippen LogP contribution in [0.25, 0.3) is 0 Å². The summed E-state index contributed by atoms with van der Waals surface area (Å²) in [6.45, 7) is 4.62. The summed E-state index contributed by atoms with van der Waals surface area (Å²) in [6, 6.07) is 3.43. The fraction of sp³-hybridized carbons (Fsp3) is 0.571. The van der Waals surface area contributed by atoms with E-state index in [1.54, 1.807) is 12.1 Å². The molecule has 0 unspecified atom stereocenters. The minimum atomic E-state index is 0.203. The third-order valence-corrected chi connectivity index (χ3v) is 3.58.